The smallest absolute Gasteiger partial charge is 0.322 e. The van der Waals surface area contributed by atoms with E-state index in [0.29, 0.717) is 0 Å². The first-order valence-corrected chi connectivity index (χ1v) is 11.5. The number of amides is 2. The molecule has 0 saturated carbocycles. The van der Waals surface area contributed by atoms with Gasteiger partial charge in [0.05, 0.1) is 0 Å². The molecule has 6 N–H and O–H groups in total. The van der Waals surface area contributed by atoms with E-state index >= 15 is 0 Å². The summed E-state index contributed by atoms with van der Waals surface area (Å²) in [7, 11) is 0. The van der Waals surface area contributed by atoms with Gasteiger partial charge in [-0.2, -0.15) is 11.8 Å². The number of hydrogen-bond acceptors (Lipinski definition) is 7. The Bertz CT molecular complexity index is 833. The van der Waals surface area contributed by atoms with E-state index in [0.717, 1.165) is 5.56 Å². The summed E-state index contributed by atoms with van der Waals surface area (Å²) in [6.45, 7) is 2.99. The zero-order valence-corrected chi connectivity index (χ0v) is 19.5. The van der Waals surface area contributed by atoms with Crippen LogP contribution < -0.4 is 16.4 Å². The first kappa shape index (κ1) is 28.1. The van der Waals surface area contributed by atoms with Crippen LogP contribution in [-0.2, 0) is 24.0 Å². The molecule has 0 saturated heterocycles. The number of hydrogen-bond donors (Lipinski definition) is 5. The molecule has 10 nitrogen and oxygen atoms in total. The van der Waals surface area contributed by atoms with Crippen molar-refractivity contribution in [2.24, 2.45) is 11.7 Å². The van der Waals surface area contributed by atoms with Crippen molar-refractivity contribution in [3.05, 3.63) is 35.9 Å². The lowest BCUT2D eigenvalue weighted by molar-refractivity contribution is -0.139. The van der Waals surface area contributed by atoms with Crippen LogP contribution in [0, 0.1) is 5.92 Å². The first-order valence-electron chi connectivity index (χ1n) is 10.5. The van der Waals surface area contributed by atoms with Crippen molar-refractivity contribution in [3.8, 4) is 0 Å². The number of carbonyl (C=O) groups is 5. The largest absolute Gasteiger partial charge is 0.480 e. The number of carboxylic acids is 2. The molecule has 0 aliphatic carbocycles. The normalized spacial score (nSPS) is 13.6. The molecular formula is C22H31N3O7S. The lowest BCUT2D eigenvalue weighted by Gasteiger charge is -2.22. The number of nitrogens with one attached hydrogen (secondary N) is 2. The molecule has 0 aromatic heterocycles. The summed E-state index contributed by atoms with van der Waals surface area (Å²) < 4.78 is 0. The van der Waals surface area contributed by atoms with E-state index < -0.39 is 42.4 Å². The molecule has 1 unspecified atom stereocenters. The molecule has 0 aliphatic heterocycles. The lowest BCUT2D eigenvalue weighted by atomic mass is 10.0. The summed E-state index contributed by atoms with van der Waals surface area (Å²) in [5, 5.41) is 22.2. The minimum Gasteiger partial charge on any atom is -0.480 e. The quantitative estimate of drug-likeness (QED) is 0.244. The first-order chi connectivity index (χ1) is 15.5. The molecule has 0 aliphatic rings. The third-order valence-electron chi connectivity index (χ3n) is 4.73. The lowest BCUT2D eigenvalue weighted by Crippen LogP contribution is -2.49. The minimum absolute atomic E-state index is 0.0509. The Kier molecular flexibility index (Phi) is 12.2. The van der Waals surface area contributed by atoms with Gasteiger partial charge >= 0.3 is 11.9 Å². The number of ketones is 1. The highest BCUT2D eigenvalue weighted by atomic mass is 32.2. The molecule has 33 heavy (non-hydrogen) atoms. The van der Waals surface area contributed by atoms with Gasteiger partial charge in [0.2, 0.25) is 11.8 Å². The number of aliphatic carboxylic acids is 2. The number of benzene rings is 1. The zero-order valence-electron chi connectivity index (χ0n) is 18.7. The molecule has 1 aromatic carbocycles. The summed E-state index contributed by atoms with van der Waals surface area (Å²) in [4.78, 5) is 58.8. The van der Waals surface area contributed by atoms with E-state index in [1.807, 2.05) is 30.3 Å². The van der Waals surface area contributed by atoms with Gasteiger partial charge in [0.1, 0.15) is 24.4 Å². The van der Waals surface area contributed by atoms with E-state index in [2.05, 4.69) is 10.6 Å². The van der Waals surface area contributed by atoms with Crippen LogP contribution in [0.15, 0.2) is 30.3 Å². The zero-order chi connectivity index (χ0) is 25.0. The summed E-state index contributed by atoms with van der Waals surface area (Å²) >= 11 is 1.30. The Morgan fingerprint density at radius 2 is 1.70 bits per heavy atom. The fourth-order valence-electron chi connectivity index (χ4n) is 2.72. The number of rotatable bonds is 15. The summed E-state index contributed by atoms with van der Waals surface area (Å²) in [6.07, 6.45) is -0.0979. The van der Waals surface area contributed by atoms with E-state index in [1.165, 1.54) is 11.8 Å². The summed E-state index contributed by atoms with van der Waals surface area (Å²) in [5.74, 6) is -3.79. The summed E-state index contributed by atoms with van der Waals surface area (Å²) in [5.41, 5.74) is 6.30. The van der Waals surface area contributed by atoms with E-state index in [1.54, 1.807) is 13.8 Å². The maximum absolute atomic E-state index is 12.5. The fraction of sp³-hybridized carbons (Fsp3) is 0.500. The van der Waals surface area contributed by atoms with E-state index in [9.17, 15) is 24.0 Å². The van der Waals surface area contributed by atoms with Gasteiger partial charge in [0.15, 0.2) is 0 Å². The van der Waals surface area contributed by atoms with Crippen LogP contribution in [0.5, 0.6) is 0 Å². The van der Waals surface area contributed by atoms with Crippen molar-refractivity contribution >= 4 is 41.3 Å². The number of nitrogens with two attached hydrogens (primary N) is 1. The highest BCUT2D eigenvalue weighted by Gasteiger charge is 2.26. The van der Waals surface area contributed by atoms with E-state index in [4.69, 9.17) is 15.9 Å². The monoisotopic (exact) mass is 481 g/mol. The van der Waals surface area contributed by atoms with Crippen molar-refractivity contribution in [2.75, 3.05) is 12.3 Å². The Labute approximate surface area is 196 Å². The highest BCUT2D eigenvalue weighted by Crippen LogP contribution is 2.33. The van der Waals surface area contributed by atoms with Crippen LogP contribution in [0.1, 0.15) is 43.9 Å². The molecule has 3 atom stereocenters. The second-order valence-electron chi connectivity index (χ2n) is 7.77. The van der Waals surface area contributed by atoms with Gasteiger partial charge in [-0.3, -0.25) is 24.0 Å². The third-order valence-corrected chi connectivity index (χ3v) is 6.10. The number of carbonyl (C=O) groups excluding carboxylic acids is 3. The molecule has 11 heteroatoms. The maximum Gasteiger partial charge on any atom is 0.322 e. The Balaban J connectivity index is 2.92. The molecule has 1 aromatic rings. The molecule has 182 valence electrons. The average Bonchev–Trinajstić information content (AvgIpc) is 2.77. The van der Waals surface area contributed by atoms with Gasteiger partial charge in [-0.25, -0.2) is 0 Å². The molecule has 0 spiro atoms. The van der Waals surface area contributed by atoms with Gasteiger partial charge in [-0.15, -0.1) is 0 Å². The Hall–Kier alpha value is -2.92. The van der Waals surface area contributed by atoms with Crippen molar-refractivity contribution in [2.45, 2.75) is 50.4 Å². The number of thioether (sulfide) groups is 1. The molecule has 0 bridgehead atoms. The van der Waals surface area contributed by atoms with Crippen LogP contribution in [0.25, 0.3) is 0 Å². The van der Waals surface area contributed by atoms with Gasteiger partial charge in [-0.05, 0) is 12.0 Å². The topological polar surface area (TPSA) is 176 Å². The van der Waals surface area contributed by atoms with Gasteiger partial charge in [-0.1, -0.05) is 44.2 Å². The summed E-state index contributed by atoms with van der Waals surface area (Å²) in [6, 6.07) is 6.98. The van der Waals surface area contributed by atoms with Crippen molar-refractivity contribution < 1.29 is 34.2 Å². The Morgan fingerprint density at radius 1 is 1.06 bits per heavy atom. The van der Waals surface area contributed by atoms with Crippen LogP contribution in [0.4, 0.5) is 0 Å². The van der Waals surface area contributed by atoms with Crippen LogP contribution in [-0.4, -0.2) is 64.1 Å². The van der Waals surface area contributed by atoms with Crippen LogP contribution >= 0.6 is 11.8 Å². The van der Waals surface area contributed by atoms with Gasteiger partial charge in [0.25, 0.3) is 0 Å². The molecular weight excluding hydrogens is 450 g/mol. The van der Waals surface area contributed by atoms with Crippen LogP contribution in [0.3, 0.4) is 0 Å². The van der Waals surface area contributed by atoms with Crippen LogP contribution in [0.2, 0.25) is 0 Å². The number of carboxylic acid groups (broad SMARTS) is 2. The maximum atomic E-state index is 12.5. The van der Waals surface area contributed by atoms with Crippen molar-refractivity contribution in [3.63, 3.8) is 0 Å². The molecule has 0 heterocycles. The predicted molar refractivity (Wildman–Crippen MR) is 124 cm³/mol. The molecule has 1 rings (SSSR count). The second kappa shape index (κ2) is 14.3. The van der Waals surface area contributed by atoms with Crippen molar-refractivity contribution in [1.82, 2.24) is 10.6 Å². The second-order valence-corrected chi connectivity index (χ2v) is 9.01. The Morgan fingerprint density at radius 3 is 2.24 bits per heavy atom. The fourth-order valence-corrected chi connectivity index (χ4v) is 4.01. The molecule has 2 amide bonds. The number of Topliss-reactive ketones (excluding diaryl/α,β-unsaturated/α-hetero) is 1. The minimum atomic E-state index is -1.24. The third kappa shape index (κ3) is 11.0. The van der Waals surface area contributed by atoms with Gasteiger partial charge in [0, 0.05) is 29.8 Å². The molecule has 0 radical (unpaired) electrons. The SMILES string of the molecule is CC(C)C(=O)CC(SC[C@H](NC(=O)CC[C@H](N)C(=O)O)C(=O)NCC(=O)O)c1ccccc1. The average molecular weight is 482 g/mol. The van der Waals surface area contributed by atoms with Crippen molar-refractivity contribution in [1.29, 1.82) is 0 Å². The van der Waals surface area contributed by atoms with Gasteiger partial charge < -0.3 is 26.6 Å². The predicted octanol–water partition coefficient (Wildman–Crippen LogP) is 0.954. The van der Waals surface area contributed by atoms with E-state index in [-0.39, 0.29) is 42.0 Å². The standard InChI is InChI=1S/C22H31N3O7S/c1-13(2)17(26)10-18(14-6-4-3-5-7-14)33-12-16(21(30)24-11-20(28)29)25-19(27)9-8-15(23)22(31)32/h3-7,13,15-16,18H,8-12,23H2,1-2H3,(H,24,30)(H,25,27)(H,28,29)(H,31,32)/t15-,16-,18?/m0/s1. The molecule has 0 fully saturated rings. The highest BCUT2D eigenvalue weighted by molar-refractivity contribution is 7.99.